The molecule has 0 aromatic heterocycles. The fourth-order valence-electron chi connectivity index (χ4n) is 2.98. The summed E-state index contributed by atoms with van der Waals surface area (Å²) in [5, 5.41) is 3.42. The van der Waals surface area contributed by atoms with E-state index >= 15 is 0 Å². The van der Waals surface area contributed by atoms with Gasteiger partial charge < -0.3 is 10.1 Å². The number of halogens is 2. The lowest BCUT2D eigenvalue weighted by atomic mass is 10.0. The average Bonchev–Trinajstić information content (AvgIpc) is 2.74. The standard InChI is InChI=1S/C24H21Cl2NO3/c1-16-5-2-3-8-21(16)24(29)27-19-6-4-7-20(15-19)30-22(13-14-25)23(28)17-9-11-18(26)12-10-17/h2-12,15,22H,13-14H2,1H3,(H,27,29). The zero-order chi connectivity index (χ0) is 21.5. The first-order valence-electron chi connectivity index (χ1n) is 9.47. The minimum absolute atomic E-state index is 0.179. The van der Waals surface area contributed by atoms with Crippen LogP contribution in [0.2, 0.25) is 5.02 Å². The van der Waals surface area contributed by atoms with Gasteiger partial charge in [-0.3, -0.25) is 9.59 Å². The smallest absolute Gasteiger partial charge is 0.255 e. The van der Waals surface area contributed by atoms with E-state index in [9.17, 15) is 9.59 Å². The maximum absolute atomic E-state index is 12.8. The summed E-state index contributed by atoms with van der Waals surface area (Å²) < 4.78 is 5.93. The number of anilines is 1. The van der Waals surface area contributed by atoms with Crippen molar-refractivity contribution in [2.45, 2.75) is 19.4 Å². The number of ether oxygens (including phenoxy) is 1. The first kappa shape index (κ1) is 21.9. The third-order valence-electron chi connectivity index (χ3n) is 4.55. The van der Waals surface area contributed by atoms with Gasteiger partial charge in [0.15, 0.2) is 6.10 Å². The van der Waals surface area contributed by atoms with Crippen LogP contribution in [0.25, 0.3) is 0 Å². The molecule has 30 heavy (non-hydrogen) atoms. The Morgan fingerprint density at radius 1 is 1.00 bits per heavy atom. The van der Waals surface area contributed by atoms with E-state index in [-0.39, 0.29) is 17.6 Å². The second-order valence-electron chi connectivity index (χ2n) is 6.75. The van der Waals surface area contributed by atoms with E-state index in [4.69, 9.17) is 27.9 Å². The summed E-state index contributed by atoms with van der Waals surface area (Å²) in [5.74, 6) is 0.352. The summed E-state index contributed by atoms with van der Waals surface area (Å²) in [7, 11) is 0. The lowest BCUT2D eigenvalue weighted by Gasteiger charge is -2.18. The van der Waals surface area contributed by atoms with Gasteiger partial charge in [0.1, 0.15) is 5.75 Å². The van der Waals surface area contributed by atoms with Crippen LogP contribution in [-0.4, -0.2) is 23.7 Å². The number of alkyl halides is 1. The molecule has 0 heterocycles. The SMILES string of the molecule is Cc1ccccc1C(=O)Nc1cccc(OC(CCCl)C(=O)c2ccc(Cl)cc2)c1. The number of ketones is 1. The molecule has 1 N–H and O–H groups in total. The van der Waals surface area contributed by atoms with Crippen molar-refractivity contribution in [2.75, 3.05) is 11.2 Å². The Morgan fingerprint density at radius 3 is 2.43 bits per heavy atom. The Hall–Kier alpha value is -2.82. The molecule has 0 fully saturated rings. The first-order valence-corrected chi connectivity index (χ1v) is 10.4. The zero-order valence-electron chi connectivity index (χ0n) is 16.4. The number of carbonyl (C=O) groups excluding carboxylic acids is 2. The zero-order valence-corrected chi connectivity index (χ0v) is 17.9. The molecule has 0 saturated carbocycles. The van der Waals surface area contributed by atoms with Crippen molar-refractivity contribution in [2.24, 2.45) is 0 Å². The molecule has 3 aromatic carbocycles. The van der Waals surface area contributed by atoms with Crippen molar-refractivity contribution in [1.29, 1.82) is 0 Å². The van der Waals surface area contributed by atoms with Crippen LogP contribution in [0.3, 0.4) is 0 Å². The maximum Gasteiger partial charge on any atom is 0.255 e. The minimum Gasteiger partial charge on any atom is -0.482 e. The summed E-state index contributed by atoms with van der Waals surface area (Å²) >= 11 is 11.8. The summed E-state index contributed by atoms with van der Waals surface area (Å²) in [5.41, 5.74) is 2.56. The topological polar surface area (TPSA) is 55.4 Å². The fourth-order valence-corrected chi connectivity index (χ4v) is 3.30. The molecule has 0 bridgehead atoms. The second-order valence-corrected chi connectivity index (χ2v) is 7.57. The molecule has 0 saturated heterocycles. The van der Waals surface area contributed by atoms with E-state index in [1.165, 1.54) is 0 Å². The number of hydrogen-bond donors (Lipinski definition) is 1. The highest BCUT2D eigenvalue weighted by Gasteiger charge is 2.22. The van der Waals surface area contributed by atoms with Gasteiger partial charge in [0.2, 0.25) is 5.78 Å². The van der Waals surface area contributed by atoms with Crippen LogP contribution in [-0.2, 0) is 0 Å². The molecule has 1 atom stereocenters. The van der Waals surface area contributed by atoms with Gasteiger partial charge in [-0.1, -0.05) is 35.9 Å². The molecule has 154 valence electrons. The van der Waals surface area contributed by atoms with Crippen LogP contribution in [0.5, 0.6) is 5.75 Å². The van der Waals surface area contributed by atoms with Crippen molar-refractivity contribution in [1.82, 2.24) is 0 Å². The Bertz CT molecular complexity index is 1030. The predicted octanol–water partition coefficient (Wildman–Crippen LogP) is 6.16. The van der Waals surface area contributed by atoms with E-state index in [0.717, 1.165) is 5.56 Å². The number of amides is 1. The highest BCUT2D eigenvalue weighted by molar-refractivity contribution is 6.30. The minimum atomic E-state index is -0.744. The predicted molar refractivity (Wildman–Crippen MR) is 121 cm³/mol. The number of nitrogens with one attached hydrogen (secondary N) is 1. The van der Waals surface area contributed by atoms with Gasteiger partial charge in [-0.25, -0.2) is 0 Å². The number of benzene rings is 3. The van der Waals surface area contributed by atoms with Gasteiger partial charge in [-0.2, -0.15) is 0 Å². The largest absolute Gasteiger partial charge is 0.482 e. The van der Waals surface area contributed by atoms with Crippen LogP contribution >= 0.6 is 23.2 Å². The highest BCUT2D eigenvalue weighted by Crippen LogP contribution is 2.22. The lowest BCUT2D eigenvalue weighted by Crippen LogP contribution is -2.28. The Morgan fingerprint density at radius 2 is 1.73 bits per heavy atom. The molecule has 0 aliphatic heterocycles. The summed E-state index contributed by atoms with van der Waals surface area (Å²) in [6, 6.07) is 20.9. The third-order valence-corrected chi connectivity index (χ3v) is 5.02. The molecule has 3 aromatic rings. The van der Waals surface area contributed by atoms with Gasteiger partial charge in [-0.05, 0) is 55.0 Å². The lowest BCUT2D eigenvalue weighted by molar-refractivity contribution is 0.0787. The van der Waals surface area contributed by atoms with Crippen molar-refractivity contribution >= 4 is 40.6 Å². The molecule has 1 amide bonds. The van der Waals surface area contributed by atoms with E-state index in [1.54, 1.807) is 54.6 Å². The average molecular weight is 442 g/mol. The molecule has 3 rings (SSSR count). The van der Waals surface area contributed by atoms with Gasteiger partial charge >= 0.3 is 0 Å². The second kappa shape index (κ2) is 10.3. The summed E-state index contributed by atoms with van der Waals surface area (Å²) in [4.78, 5) is 25.4. The van der Waals surface area contributed by atoms with Crippen molar-refractivity contribution in [3.63, 3.8) is 0 Å². The number of rotatable bonds is 8. The van der Waals surface area contributed by atoms with E-state index in [2.05, 4.69) is 5.32 Å². The molecule has 0 spiro atoms. The van der Waals surface area contributed by atoms with Gasteiger partial charge in [0.25, 0.3) is 5.91 Å². The van der Waals surface area contributed by atoms with Gasteiger partial charge in [-0.15, -0.1) is 11.6 Å². The van der Waals surface area contributed by atoms with Crippen LogP contribution in [0.15, 0.2) is 72.8 Å². The molecular formula is C24H21Cl2NO3. The fraction of sp³-hybridized carbons (Fsp3) is 0.167. The van der Waals surface area contributed by atoms with Gasteiger partial charge in [0.05, 0.1) is 0 Å². The molecule has 0 radical (unpaired) electrons. The Kier molecular flexibility index (Phi) is 7.50. The van der Waals surface area contributed by atoms with Crippen molar-refractivity contribution in [3.8, 4) is 5.75 Å². The van der Waals surface area contributed by atoms with Crippen LogP contribution in [0, 0.1) is 6.92 Å². The van der Waals surface area contributed by atoms with Crippen molar-refractivity contribution < 1.29 is 14.3 Å². The number of aryl methyl sites for hydroxylation is 1. The summed E-state index contributed by atoms with van der Waals surface area (Å²) in [6.07, 6.45) is -0.394. The number of Topliss-reactive ketones (excluding diaryl/α,β-unsaturated/α-hetero) is 1. The first-order chi connectivity index (χ1) is 14.5. The monoisotopic (exact) mass is 441 g/mol. The molecule has 6 heteroatoms. The van der Waals surface area contributed by atoms with E-state index in [1.807, 2.05) is 25.1 Å². The van der Waals surface area contributed by atoms with E-state index in [0.29, 0.717) is 34.0 Å². The normalized spacial score (nSPS) is 11.6. The van der Waals surface area contributed by atoms with Crippen molar-refractivity contribution in [3.05, 3.63) is 94.5 Å². The molecule has 0 aliphatic carbocycles. The summed E-state index contributed by atoms with van der Waals surface area (Å²) in [6.45, 7) is 1.88. The highest BCUT2D eigenvalue weighted by atomic mass is 35.5. The van der Waals surface area contributed by atoms with Crippen LogP contribution < -0.4 is 10.1 Å². The Balaban J connectivity index is 1.75. The van der Waals surface area contributed by atoms with Crippen LogP contribution in [0.1, 0.15) is 32.7 Å². The van der Waals surface area contributed by atoms with E-state index < -0.39 is 6.10 Å². The third kappa shape index (κ3) is 5.62. The van der Waals surface area contributed by atoms with Crippen LogP contribution in [0.4, 0.5) is 5.69 Å². The molecule has 4 nitrogen and oxygen atoms in total. The Labute approximate surface area is 185 Å². The molecule has 1 unspecified atom stereocenters. The molecule has 0 aliphatic rings. The number of hydrogen-bond acceptors (Lipinski definition) is 3. The maximum atomic E-state index is 12.8. The number of carbonyl (C=O) groups is 2. The quantitative estimate of drug-likeness (QED) is 0.336. The van der Waals surface area contributed by atoms with Gasteiger partial charge in [0, 0.05) is 40.2 Å². The molecular weight excluding hydrogens is 421 g/mol.